The van der Waals surface area contributed by atoms with Crippen LogP contribution in [0.3, 0.4) is 0 Å². The number of carbonyl (C=O) groups is 8. The molecule has 96 heavy (non-hydrogen) atoms. The molecule has 0 amide bonds. The van der Waals surface area contributed by atoms with E-state index >= 15 is 0 Å². The number of hydrogen-bond donors (Lipinski definition) is 8. The van der Waals surface area contributed by atoms with Crippen molar-refractivity contribution in [3.05, 3.63) is 0 Å². The minimum atomic E-state index is -1.98. The molecule has 0 aromatic rings. The molecule has 0 spiro atoms. The fourth-order valence-corrected chi connectivity index (χ4v) is 9.27. The molecule has 4 saturated carbocycles. The zero-order valence-electron chi connectivity index (χ0n) is 53.2. The summed E-state index contributed by atoms with van der Waals surface area (Å²) in [5.41, 5.74) is 45.2. The minimum Gasteiger partial charge on any atom is -0.547 e. The monoisotopic (exact) mass is 2110 g/mol. The summed E-state index contributed by atoms with van der Waals surface area (Å²) in [5.74, 6) is -14.8. The van der Waals surface area contributed by atoms with Crippen LogP contribution in [0.5, 0.6) is 0 Å². The summed E-state index contributed by atoms with van der Waals surface area (Å²) >= 11 is 0. The van der Waals surface area contributed by atoms with E-state index in [4.69, 9.17) is 103 Å². The van der Waals surface area contributed by atoms with Crippen LogP contribution in [0.25, 0.3) is 0 Å². The van der Waals surface area contributed by atoms with Crippen LogP contribution < -0.4 is 86.7 Å². The van der Waals surface area contributed by atoms with Crippen molar-refractivity contribution in [2.45, 2.75) is 200 Å². The van der Waals surface area contributed by atoms with Gasteiger partial charge in [-0.05, 0) is 51.4 Å². The number of rotatable bonds is 8. The minimum absolute atomic E-state index is 0. The van der Waals surface area contributed by atoms with E-state index in [2.05, 4.69) is 0 Å². The van der Waals surface area contributed by atoms with Crippen molar-refractivity contribution in [1.29, 1.82) is 0 Å². The van der Waals surface area contributed by atoms with Crippen molar-refractivity contribution in [2.24, 2.45) is 45.9 Å². The third kappa shape index (κ3) is 44.9. The quantitative estimate of drug-likeness (QED) is 0.112. The molecule has 2 heterocycles. The zero-order valence-corrected chi connectivity index (χ0v) is 62.3. The molecule has 16 N–H and O–H groups in total. The van der Waals surface area contributed by atoms with Crippen LogP contribution >= 0.6 is 0 Å². The van der Waals surface area contributed by atoms with Crippen LogP contribution in [-0.4, -0.2) is 251 Å². The van der Waals surface area contributed by atoms with E-state index in [0.29, 0.717) is 0 Å². The molecule has 6 aliphatic rings. The van der Waals surface area contributed by atoms with Crippen LogP contribution in [0.4, 0.5) is 0 Å². The summed E-state index contributed by atoms with van der Waals surface area (Å²) in [6.45, 7) is -5.08. The number of nitrogens with two attached hydrogens (primary N) is 8. The molecule has 0 bridgehead atoms. The summed E-state index contributed by atoms with van der Waals surface area (Å²) < 4.78 is 59.3. The molecule has 6 rings (SSSR count). The molecular weight excluding hydrogens is 2010 g/mol. The summed E-state index contributed by atoms with van der Waals surface area (Å²) in [5, 5.41) is 89.2. The number of hydrogen-bond acceptors (Lipinski definition) is 36. The smallest absolute Gasteiger partial charge is 0.547 e. The van der Waals surface area contributed by atoms with E-state index in [1.807, 2.05) is 0 Å². The Morgan fingerprint density at radius 2 is 0.292 bits per heavy atom. The van der Waals surface area contributed by atoms with Gasteiger partial charge in [-0.3, -0.25) is 0 Å². The van der Waals surface area contributed by atoms with Gasteiger partial charge in [0.25, 0.3) is 0 Å². The molecule has 0 aromatic carbocycles. The fourth-order valence-electron chi connectivity index (χ4n) is 9.27. The second-order valence-electron chi connectivity index (χ2n) is 21.8. The van der Waals surface area contributed by atoms with Gasteiger partial charge in [-0.15, -0.1) is 0 Å². The predicted molar refractivity (Wildman–Crippen MR) is 299 cm³/mol. The standard InChI is InChI=1S/2C16H24O14.4C6H14N2.4Pt/c2*17-13(18)9-10(14(19)20)29-7-3-26-4-8-30-12(16(23)24)11(15(21)22)28-6-2-25-1-5-27-9;4*7-5-3-1-2-4-6(5)8;;;;/h2*9-12H,1-8H2,(H,17,18)(H,19,20)(H,21,22)(H,23,24);4*5-6H,1-4,7-8H2;;;;/q;;;;;;4*+2/p-8/t9-,10+,11+,12-;9-,10-,11-,12+;4*5-,6-;;;;/m.11100..../s1. The van der Waals surface area contributed by atoms with Crippen LogP contribution in [0.1, 0.15) is 103 Å². The first kappa shape index (κ1) is 100. The Hall–Kier alpha value is -2.29. The van der Waals surface area contributed by atoms with Crippen molar-refractivity contribution in [1.82, 2.24) is 0 Å². The van der Waals surface area contributed by atoms with Crippen LogP contribution in [-0.2, 0) is 179 Å². The fraction of sp³-hybridized carbons (Fsp3) is 0.857. The number of aliphatic carboxylic acids is 8. The normalized spacial score (nSPS) is 31.1. The number of carboxylic acids is 8. The molecule has 36 nitrogen and oxygen atoms in total. The molecular formula is C56H96N8O28Pt4. The number of carboxylic acid groups (broad SMARTS) is 8. The molecule has 2 saturated heterocycles. The molecule has 568 valence electrons. The number of carbonyl (C=O) groups excluding carboxylic acids is 8. The van der Waals surface area contributed by atoms with Crippen molar-refractivity contribution in [3.8, 4) is 0 Å². The Kier molecular flexibility index (Phi) is 62.9. The maximum Gasteiger partial charge on any atom is 2.00 e. The first-order valence-electron chi connectivity index (χ1n) is 30.7. The first-order valence-corrected chi connectivity index (χ1v) is 30.7. The maximum atomic E-state index is 11.1. The van der Waals surface area contributed by atoms with E-state index in [1.54, 1.807) is 0 Å². The van der Waals surface area contributed by atoms with Crippen LogP contribution in [0, 0.1) is 0 Å². The summed E-state index contributed by atoms with van der Waals surface area (Å²) in [6.07, 6.45) is 3.33. The summed E-state index contributed by atoms with van der Waals surface area (Å²) in [7, 11) is 0. The van der Waals surface area contributed by atoms with Gasteiger partial charge in [-0.2, -0.15) is 0 Å². The summed E-state index contributed by atoms with van der Waals surface area (Å²) in [6, 6.07) is 2.25. The van der Waals surface area contributed by atoms with Crippen molar-refractivity contribution < 1.29 is 220 Å². The van der Waals surface area contributed by atoms with E-state index in [0.717, 1.165) is 51.4 Å². The topological polar surface area (TPSA) is 640 Å². The van der Waals surface area contributed by atoms with Gasteiger partial charge in [0.1, 0.15) is 48.8 Å². The van der Waals surface area contributed by atoms with E-state index in [1.165, 1.54) is 51.4 Å². The third-order valence-electron chi connectivity index (χ3n) is 14.7. The average Bonchev–Trinajstić information content (AvgIpc) is 1.00. The third-order valence-corrected chi connectivity index (χ3v) is 14.7. The molecule has 0 radical (unpaired) electrons. The van der Waals surface area contributed by atoms with Gasteiger partial charge < -0.3 is 182 Å². The van der Waals surface area contributed by atoms with E-state index < -0.39 is 149 Å². The predicted octanol–water partition coefficient (Wildman–Crippen LogP) is -14.0. The maximum absolute atomic E-state index is 11.1. The molecule has 0 aromatic heterocycles. The van der Waals surface area contributed by atoms with Gasteiger partial charge in [-0.1, -0.05) is 51.4 Å². The molecule has 16 atom stereocenters. The van der Waals surface area contributed by atoms with Gasteiger partial charge in [-0.25, -0.2) is 0 Å². The van der Waals surface area contributed by atoms with Crippen molar-refractivity contribution in [2.75, 3.05) is 106 Å². The van der Waals surface area contributed by atoms with Gasteiger partial charge in [0.2, 0.25) is 0 Å². The molecule has 6 fully saturated rings. The van der Waals surface area contributed by atoms with E-state index in [9.17, 15) is 79.2 Å². The van der Waals surface area contributed by atoms with Crippen molar-refractivity contribution >= 4 is 47.8 Å². The Labute approximate surface area is 615 Å². The molecule has 2 aliphatic heterocycles. The van der Waals surface area contributed by atoms with Gasteiger partial charge >= 0.3 is 84.3 Å². The molecule has 0 unspecified atom stereocenters. The van der Waals surface area contributed by atoms with Crippen molar-refractivity contribution in [3.63, 3.8) is 0 Å². The SMILES string of the molecule is N[C@@H]1CCCC[C@H]1N.N[C@@H]1CCCC[C@H]1N.N[C@H]1CCCC[C@@H]1N.N[C@H]1CCCC[C@@H]1N.O=C([O-])[C@H]1OCCOCCO[C@@H](C(=O)[O-])[C@@H](C(=O)[O-])OCCOCCO[C@H]1C(=O)[O-].O=C([O-])[C@H]1OCCOCCO[C@@H](C(=O)[O-])[C@H](C(=O)[O-])OCCOCCO[C@H]1C(=O)[O-].[Pt+2].[Pt+2].[Pt+2].[Pt+2]. The first-order chi connectivity index (χ1) is 43.7. The zero-order chi connectivity index (χ0) is 69.0. The number of ether oxygens (including phenoxy) is 12. The van der Waals surface area contributed by atoms with Gasteiger partial charge in [0, 0.05) is 48.3 Å². The Morgan fingerprint density at radius 3 is 0.365 bits per heavy atom. The second kappa shape index (κ2) is 60.3. The Morgan fingerprint density at radius 1 is 0.198 bits per heavy atom. The second-order valence-corrected chi connectivity index (χ2v) is 21.8. The van der Waals surface area contributed by atoms with Gasteiger partial charge in [0.05, 0.1) is 153 Å². The van der Waals surface area contributed by atoms with Gasteiger partial charge in [0.15, 0.2) is 0 Å². The average molecular weight is 2110 g/mol. The van der Waals surface area contributed by atoms with Crippen LogP contribution in [0.2, 0.25) is 0 Å². The Bertz CT molecular complexity index is 1690. The molecule has 40 heteroatoms. The Balaban J connectivity index is -0.000000585. The van der Waals surface area contributed by atoms with E-state index in [-0.39, 0.29) is 185 Å². The van der Waals surface area contributed by atoms with Crippen LogP contribution in [0.15, 0.2) is 0 Å². The molecule has 4 aliphatic carbocycles. The summed E-state index contributed by atoms with van der Waals surface area (Å²) in [4.78, 5) is 89.2. The largest absolute Gasteiger partial charge is 2.00 e.